The van der Waals surface area contributed by atoms with Gasteiger partial charge < -0.3 is 0 Å². The van der Waals surface area contributed by atoms with Crippen LogP contribution in [-0.2, 0) is 14.9 Å². The summed E-state index contributed by atoms with van der Waals surface area (Å²) in [5, 5.41) is 2.17. The van der Waals surface area contributed by atoms with Crippen LogP contribution in [0.15, 0.2) is 29.2 Å². The molecule has 2 fully saturated rings. The maximum Gasteiger partial charge on any atom is 0.243 e. The molecule has 1 aromatic carbocycles. The highest BCUT2D eigenvalue weighted by atomic mass is 32.2. The molecule has 27 heavy (non-hydrogen) atoms. The number of benzene rings is 1. The van der Waals surface area contributed by atoms with Crippen molar-refractivity contribution >= 4 is 10.0 Å². The Bertz CT molecular complexity index is 740. The van der Waals surface area contributed by atoms with E-state index in [1.54, 1.807) is 16.4 Å². The first-order valence-electron chi connectivity index (χ1n) is 10.0. The second kappa shape index (κ2) is 7.47. The lowest BCUT2D eigenvalue weighted by atomic mass is 9.82. The van der Waals surface area contributed by atoms with Crippen molar-refractivity contribution in [3.8, 4) is 0 Å². The summed E-state index contributed by atoms with van der Waals surface area (Å²) in [5.74, 6) is 0.235. The zero-order valence-electron chi connectivity index (χ0n) is 17.4. The van der Waals surface area contributed by atoms with Crippen molar-refractivity contribution in [2.24, 2.45) is 5.92 Å². The molecule has 3 rings (SSSR count). The molecule has 152 valence electrons. The Hall–Kier alpha value is -0.950. The SMILES string of the molecule is Cc1ccc(S(=O)(=O)N2CCC(CON3C(C)(C)CCCC3(C)C)C2)cc1. The van der Waals surface area contributed by atoms with Gasteiger partial charge in [0.1, 0.15) is 0 Å². The molecule has 0 saturated carbocycles. The molecule has 2 aliphatic rings. The average molecular weight is 395 g/mol. The minimum absolute atomic E-state index is 0.00795. The van der Waals surface area contributed by atoms with Crippen LogP contribution in [0.1, 0.15) is 58.9 Å². The summed E-state index contributed by atoms with van der Waals surface area (Å²) in [7, 11) is -3.41. The smallest absolute Gasteiger partial charge is 0.243 e. The minimum atomic E-state index is -3.41. The highest BCUT2D eigenvalue weighted by molar-refractivity contribution is 7.89. The van der Waals surface area contributed by atoms with Crippen LogP contribution < -0.4 is 0 Å². The second-order valence-corrected chi connectivity index (χ2v) is 11.3. The van der Waals surface area contributed by atoms with Crippen LogP contribution in [0.4, 0.5) is 0 Å². The standard InChI is InChI=1S/C21H34N2O3S/c1-17-7-9-19(10-8-17)27(24,25)22-14-11-18(15-22)16-26-23-20(2,3)12-6-13-21(23,4)5/h7-10,18H,6,11-16H2,1-5H3. The van der Waals surface area contributed by atoms with Crippen molar-refractivity contribution in [2.75, 3.05) is 19.7 Å². The van der Waals surface area contributed by atoms with Crippen molar-refractivity contribution in [1.82, 2.24) is 9.37 Å². The topological polar surface area (TPSA) is 49.9 Å². The molecule has 2 heterocycles. The van der Waals surface area contributed by atoms with Gasteiger partial charge in [-0.1, -0.05) is 17.7 Å². The Balaban J connectivity index is 1.62. The minimum Gasteiger partial charge on any atom is -0.298 e. The molecule has 0 spiro atoms. The molecule has 0 aromatic heterocycles. The van der Waals surface area contributed by atoms with E-state index >= 15 is 0 Å². The predicted molar refractivity (Wildman–Crippen MR) is 108 cm³/mol. The van der Waals surface area contributed by atoms with Gasteiger partial charge in [-0.15, -0.1) is 0 Å². The van der Waals surface area contributed by atoms with Gasteiger partial charge in [-0.3, -0.25) is 4.84 Å². The number of hydrogen-bond acceptors (Lipinski definition) is 4. The van der Waals surface area contributed by atoms with Crippen molar-refractivity contribution < 1.29 is 13.3 Å². The maximum absolute atomic E-state index is 12.9. The Labute approximate surface area is 164 Å². The van der Waals surface area contributed by atoms with Gasteiger partial charge in [0.2, 0.25) is 10.0 Å². The van der Waals surface area contributed by atoms with Gasteiger partial charge in [0, 0.05) is 24.2 Å². The van der Waals surface area contributed by atoms with E-state index in [4.69, 9.17) is 4.84 Å². The quantitative estimate of drug-likeness (QED) is 0.758. The summed E-state index contributed by atoms with van der Waals surface area (Å²) in [6.45, 7) is 12.6. The van der Waals surface area contributed by atoms with E-state index in [9.17, 15) is 8.42 Å². The average Bonchev–Trinajstić information content (AvgIpc) is 3.03. The third-order valence-electron chi connectivity index (χ3n) is 6.02. The maximum atomic E-state index is 12.9. The fourth-order valence-corrected chi connectivity index (χ4v) is 6.05. The number of hydroxylamine groups is 2. The Morgan fingerprint density at radius 3 is 2.26 bits per heavy atom. The van der Waals surface area contributed by atoms with Crippen LogP contribution in [0.2, 0.25) is 0 Å². The molecule has 2 saturated heterocycles. The van der Waals surface area contributed by atoms with E-state index in [2.05, 4.69) is 32.8 Å². The van der Waals surface area contributed by atoms with Crippen LogP contribution in [0.25, 0.3) is 0 Å². The van der Waals surface area contributed by atoms with E-state index in [-0.39, 0.29) is 17.0 Å². The number of aryl methyl sites for hydroxylation is 1. The molecule has 0 aliphatic carbocycles. The van der Waals surface area contributed by atoms with Crippen LogP contribution >= 0.6 is 0 Å². The fraction of sp³-hybridized carbons (Fsp3) is 0.714. The highest BCUT2D eigenvalue weighted by Gasteiger charge is 2.43. The van der Waals surface area contributed by atoms with E-state index in [0.717, 1.165) is 24.8 Å². The van der Waals surface area contributed by atoms with Crippen LogP contribution in [0, 0.1) is 12.8 Å². The zero-order chi connectivity index (χ0) is 19.9. The van der Waals surface area contributed by atoms with Crippen LogP contribution in [0.3, 0.4) is 0 Å². The molecule has 0 amide bonds. The Kier molecular flexibility index (Phi) is 5.75. The molecule has 1 aromatic rings. The molecule has 0 radical (unpaired) electrons. The van der Waals surface area contributed by atoms with Gasteiger partial charge in [0.05, 0.1) is 11.5 Å². The van der Waals surface area contributed by atoms with E-state index in [0.29, 0.717) is 24.6 Å². The van der Waals surface area contributed by atoms with E-state index in [1.165, 1.54) is 6.42 Å². The zero-order valence-corrected chi connectivity index (χ0v) is 18.2. The van der Waals surface area contributed by atoms with E-state index in [1.807, 2.05) is 19.1 Å². The molecular weight excluding hydrogens is 360 g/mol. The van der Waals surface area contributed by atoms with Gasteiger partial charge in [-0.2, -0.15) is 9.37 Å². The lowest BCUT2D eigenvalue weighted by Gasteiger charge is -2.51. The lowest BCUT2D eigenvalue weighted by Crippen LogP contribution is -2.58. The fourth-order valence-electron chi connectivity index (χ4n) is 4.52. The summed E-state index contributed by atoms with van der Waals surface area (Å²) in [5.41, 5.74) is 1.08. The monoisotopic (exact) mass is 394 g/mol. The van der Waals surface area contributed by atoms with Gasteiger partial charge in [-0.25, -0.2) is 8.42 Å². The summed E-state index contributed by atoms with van der Waals surface area (Å²) in [6, 6.07) is 7.11. The molecule has 1 unspecified atom stereocenters. The first-order valence-corrected chi connectivity index (χ1v) is 11.5. The molecule has 0 N–H and O–H groups in total. The largest absolute Gasteiger partial charge is 0.298 e. The second-order valence-electron chi connectivity index (χ2n) is 9.40. The van der Waals surface area contributed by atoms with Crippen molar-refractivity contribution in [3.63, 3.8) is 0 Å². The number of nitrogens with zero attached hydrogens (tertiary/aromatic N) is 2. The number of rotatable bonds is 5. The third-order valence-corrected chi connectivity index (χ3v) is 7.90. The Morgan fingerprint density at radius 2 is 1.67 bits per heavy atom. The summed E-state index contributed by atoms with van der Waals surface area (Å²) in [6.07, 6.45) is 4.30. The van der Waals surface area contributed by atoms with Crippen LogP contribution in [0.5, 0.6) is 0 Å². The summed E-state index contributed by atoms with van der Waals surface area (Å²) >= 11 is 0. The lowest BCUT2D eigenvalue weighted by molar-refractivity contribution is -0.285. The van der Waals surface area contributed by atoms with Crippen LogP contribution in [-0.4, -0.2) is 48.6 Å². The molecule has 6 heteroatoms. The van der Waals surface area contributed by atoms with Gasteiger partial charge in [-0.05, 0) is 78.4 Å². The summed E-state index contributed by atoms with van der Waals surface area (Å²) in [4.78, 5) is 6.67. The molecular formula is C21H34N2O3S. The number of sulfonamides is 1. The molecule has 2 aliphatic heterocycles. The van der Waals surface area contributed by atoms with Crippen molar-refractivity contribution in [3.05, 3.63) is 29.8 Å². The molecule has 5 nitrogen and oxygen atoms in total. The first kappa shape index (κ1) is 20.8. The summed E-state index contributed by atoms with van der Waals surface area (Å²) < 4.78 is 27.4. The van der Waals surface area contributed by atoms with Crippen molar-refractivity contribution in [1.29, 1.82) is 0 Å². The van der Waals surface area contributed by atoms with Crippen molar-refractivity contribution in [2.45, 2.75) is 76.3 Å². The van der Waals surface area contributed by atoms with Gasteiger partial charge >= 0.3 is 0 Å². The third kappa shape index (κ3) is 4.39. The Morgan fingerprint density at radius 1 is 1.07 bits per heavy atom. The highest BCUT2D eigenvalue weighted by Crippen LogP contribution is 2.38. The first-order chi connectivity index (χ1) is 12.5. The number of piperidine rings is 1. The predicted octanol–water partition coefficient (Wildman–Crippen LogP) is 3.98. The normalized spacial score (nSPS) is 26.3. The number of hydrogen-bond donors (Lipinski definition) is 0. The van der Waals surface area contributed by atoms with Gasteiger partial charge in [0.25, 0.3) is 0 Å². The molecule has 0 bridgehead atoms. The molecule has 1 atom stereocenters. The van der Waals surface area contributed by atoms with E-state index < -0.39 is 10.0 Å². The van der Waals surface area contributed by atoms with Gasteiger partial charge in [0.15, 0.2) is 0 Å².